The van der Waals surface area contributed by atoms with Gasteiger partial charge < -0.3 is 4.74 Å². The van der Waals surface area contributed by atoms with Gasteiger partial charge in [-0.3, -0.25) is 24.2 Å². The minimum atomic E-state index is -0.911. The van der Waals surface area contributed by atoms with E-state index in [-0.39, 0.29) is 13.0 Å². The Morgan fingerprint density at radius 2 is 1.72 bits per heavy atom. The van der Waals surface area contributed by atoms with Crippen molar-refractivity contribution in [1.82, 2.24) is 9.80 Å². The van der Waals surface area contributed by atoms with Crippen molar-refractivity contribution in [2.45, 2.75) is 32.8 Å². The number of carbonyl (C=O) groups is 4. The zero-order chi connectivity index (χ0) is 14.1. The Hall–Kier alpha value is -1.92. The third kappa shape index (κ3) is 3.06. The second-order valence-electron chi connectivity index (χ2n) is 4.94. The van der Waals surface area contributed by atoms with Crippen LogP contribution in [0.1, 0.15) is 27.2 Å². The van der Waals surface area contributed by atoms with Crippen LogP contribution in [0.25, 0.3) is 0 Å². The first-order chi connectivity index (χ1) is 8.13. The summed E-state index contributed by atoms with van der Waals surface area (Å²) in [6.07, 6.45) is -0.129. The molecule has 1 fully saturated rings. The lowest BCUT2D eigenvalue weighted by molar-refractivity contribution is -0.155. The van der Waals surface area contributed by atoms with Gasteiger partial charge in [-0.05, 0) is 20.8 Å². The predicted molar refractivity (Wildman–Crippen MR) is 60.3 cm³/mol. The molecule has 100 valence electrons. The largest absolute Gasteiger partial charge is 0.460 e. The number of imide groups is 2. The highest BCUT2D eigenvalue weighted by Crippen LogP contribution is 2.12. The Kier molecular flexibility index (Phi) is 3.73. The van der Waals surface area contributed by atoms with Crippen molar-refractivity contribution in [2.24, 2.45) is 0 Å². The van der Waals surface area contributed by atoms with Crippen LogP contribution in [0.2, 0.25) is 0 Å². The lowest BCUT2D eigenvalue weighted by Crippen LogP contribution is -2.34. The summed E-state index contributed by atoms with van der Waals surface area (Å²) in [6, 6.07) is -0.714. The number of rotatable bonds is 3. The highest BCUT2D eigenvalue weighted by molar-refractivity contribution is 6.44. The molecule has 0 spiro atoms. The van der Waals surface area contributed by atoms with E-state index in [1.807, 2.05) is 0 Å². The van der Waals surface area contributed by atoms with Gasteiger partial charge in [0.15, 0.2) is 0 Å². The SMILES string of the molecule is CN1C(=O)C(=O)N(CCC(=O)OC(C)(C)C)C1=O. The second-order valence-corrected chi connectivity index (χ2v) is 4.94. The average molecular weight is 256 g/mol. The second kappa shape index (κ2) is 4.75. The number of hydrogen-bond donors (Lipinski definition) is 0. The summed E-state index contributed by atoms with van der Waals surface area (Å²) in [5.74, 6) is -2.32. The molecule has 0 aromatic carbocycles. The first-order valence-electron chi connectivity index (χ1n) is 5.49. The minimum absolute atomic E-state index is 0.129. The Bertz CT molecular complexity index is 410. The molecule has 0 radical (unpaired) electrons. The maximum atomic E-state index is 11.5. The number of carbonyl (C=O) groups excluding carboxylic acids is 4. The summed E-state index contributed by atoms with van der Waals surface area (Å²) in [5.41, 5.74) is -0.622. The van der Waals surface area contributed by atoms with E-state index in [4.69, 9.17) is 4.74 Å². The van der Waals surface area contributed by atoms with Crippen molar-refractivity contribution in [3.8, 4) is 0 Å². The summed E-state index contributed by atoms with van der Waals surface area (Å²) in [5, 5.41) is 0. The van der Waals surface area contributed by atoms with Crippen molar-refractivity contribution in [3.05, 3.63) is 0 Å². The smallest absolute Gasteiger partial charge is 0.333 e. The topological polar surface area (TPSA) is 84.0 Å². The van der Waals surface area contributed by atoms with Crippen molar-refractivity contribution >= 4 is 23.8 Å². The van der Waals surface area contributed by atoms with Crippen LogP contribution in [0.4, 0.5) is 4.79 Å². The van der Waals surface area contributed by atoms with E-state index < -0.39 is 29.4 Å². The Morgan fingerprint density at radius 1 is 1.17 bits per heavy atom. The molecule has 18 heavy (non-hydrogen) atoms. The van der Waals surface area contributed by atoms with Crippen LogP contribution < -0.4 is 0 Å². The van der Waals surface area contributed by atoms with Gasteiger partial charge in [0, 0.05) is 13.6 Å². The van der Waals surface area contributed by atoms with Crippen molar-refractivity contribution in [1.29, 1.82) is 0 Å². The van der Waals surface area contributed by atoms with E-state index in [1.165, 1.54) is 7.05 Å². The van der Waals surface area contributed by atoms with Crippen molar-refractivity contribution < 1.29 is 23.9 Å². The van der Waals surface area contributed by atoms with E-state index >= 15 is 0 Å². The maximum Gasteiger partial charge on any atom is 0.333 e. The predicted octanol–water partition coefficient (Wildman–Crippen LogP) is 0.139. The fraction of sp³-hybridized carbons (Fsp3) is 0.636. The number of nitrogens with zero attached hydrogens (tertiary/aromatic N) is 2. The van der Waals surface area contributed by atoms with Gasteiger partial charge in [-0.25, -0.2) is 4.79 Å². The number of amides is 4. The summed E-state index contributed by atoms with van der Waals surface area (Å²) in [7, 11) is 1.22. The van der Waals surface area contributed by atoms with Gasteiger partial charge in [-0.15, -0.1) is 0 Å². The summed E-state index contributed by atoms with van der Waals surface area (Å²) in [4.78, 5) is 46.9. The number of ether oxygens (including phenoxy) is 1. The van der Waals surface area contributed by atoms with E-state index in [9.17, 15) is 19.2 Å². The molecule has 7 heteroatoms. The van der Waals surface area contributed by atoms with Crippen LogP contribution in [0.5, 0.6) is 0 Å². The van der Waals surface area contributed by atoms with Crippen LogP contribution in [0.15, 0.2) is 0 Å². The molecule has 0 N–H and O–H groups in total. The summed E-state index contributed by atoms with van der Waals surface area (Å²) >= 11 is 0. The molecule has 1 aliphatic rings. The summed E-state index contributed by atoms with van der Waals surface area (Å²) in [6.45, 7) is 5.00. The molecule has 0 aliphatic carbocycles. The molecule has 0 saturated carbocycles. The molecule has 4 amide bonds. The average Bonchev–Trinajstić information content (AvgIpc) is 2.39. The molecule has 1 heterocycles. The highest BCUT2D eigenvalue weighted by Gasteiger charge is 2.42. The number of urea groups is 1. The van der Waals surface area contributed by atoms with Gasteiger partial charge >= 0.3 is 23.8 Å². The first kappa shape index (κ1) is 14.1. The molecule has 0 unspecified atom stereocenters. The number of hydrogen-bond acceptors (Lipinski definition) is 5. The molecule has 0 bridgehead atoms. The van der Waals surface area contributed by atoms with E-state index in [0.717, 1.165) is 9.80 Å². The van der Waals surface area contributed by atoms with Gasteiger partial charge in [-0.1, -0.05) is 0 Å². The first-order valence-corrected chi connectivity index (χ1v) is 5.49. The van der Waals surface area contributed by atoms with Gasteiger partial charge in [0.05, 0.1) is 6.42 Å². The minimum Gasteiger partial charge on any atom is -0.460 e. The van der Waals surface area contributed by atoms with Crippen LogP contribution in [-0.2, 0) is 19.1 Å². The maximum absolute atomic E-state index is 11.5. The molecular formula is C11H16N2O5. The van der Waals surface area contributed by atoms with Crippen LogP contribution in [0.3, 0.4) is 0 Å². The molecular weight excluding hydrogens is 240 g/mol. The van der Waals surface area contributed by atoms with Gasteiger partial charge in [0.25, 0.3) is 0 Å². The molecule has 1 aliphatic heterocycles. The third-order valence-electron chi connectivity index (χ3n) is 2.21. The quantitative estimate of drug-likeness (QED) is 0.407. The van der Waals surface area contributed by atoms with Crippen molar-refractivity contribution in [2.75, 3.05) is 13.6 Å². The van der Waals surface area contributed by atoms with E-state index in [0.29, 0.717) is 0 Å². The molecule has 0 aromatic rings. The van der Waals surface area contributed by atoms with Gasteiger partial charge in [0.2, 0.25) is 0 Å². The van der Waals surface area contributed by atoms with Crippen molar-refractivity contribution in [3.63, 3.8) is 0 Å². The third-order valence-corrected chi connectivity index (χ3v) is 2.21. The fourth-order valence-corrected chi connectivity index (χ4v) is 1.41. The normalized spacial score (nSPS) is 16.6. The zero-order valence-corrected chi connectivity index (χ0v) is 10.8. The molecule has 1 saturated heterocycles. The van der Waals surface area contributed by atoms with E-state index in [1.54, 1.807) is 20.8 Å². The van der Waals surface area contributed by atoms with E-state index in [2.05, 4.69) is 0 Å². The van der Waals surface area contributed by atoms with Gasteiger partial charge in [-0.2, -0.15) is 0 Å². The Balaban J connectivity index is 2.55. The molecule has 0 atom stereocenters. The Labute approximate surface area is 105 Å². The highest BCUT2D eigenvalue weighted by atomic mass is 16.6. The zero-order valence-electron chi connectivity index (χ0n) is 10.8. The fourth-order valence-electron chi connectivity index (χ4n) is 1.41. The number of esters is 1. The van der Waals surface area contributed by atoms with Crippen LogP contribution in [-0.4, -0.2) is 52.8 Å². The Morgan fingerprint density at radius 3 is 2.11 bits per heavy atom. The lowest BCUT2D eigenvalue weighted by Gasteiger charge is -2.20. The van der Waals surface area contributed by atoms with Gasteiger partial charge in [0.1, 0.15) is 5.60 Å². The van der Waals surface area contributed by atoms with Crippen LogP contribution in [0, 0.1) is 0 Å². The monoisotopic (exact) mass is 256 g/mol. The number of likely N-dealkylation sites (N-methyl/N-ethyl adjacent to an activating group) is 1. The molecule has 0 aromatic heterocycles. The van der Waals surface area contributed by atoms with Crippen LogP contribution >= 0.6 is 0 Å². The summed E-state index contributed by atoms with van der Waals surface area (Å²) < 4.78 is 5.03. The standard InChI is InChI=1S/C11H16N2O5/c1-11(2,3)18-7(14)5-6-13-9(16)8(15)12(4)10(13)17/h5-6H2,1-4H3. The molecule has 7 nitrogen and oxygen atoms in total. The molecule has 1 rings (SSSR count). The lowest BCUT2D eigenvalue weighted by atomic mass is 10.2.